The number of thiophene rings is 1. The molecule has 0 spiro atoms. The first kappa shape index (κ1) is 18.4. The van der Waals surface area contributed by atoms with Crippen molar-refractivity contribution in [3.63, 3.8) is 0 Å². The molecular formula is C19H27NO4S. The maximum absolute atomic E-state index is 12.4. The fourth-order valence-corrected chi connectivity index (χ4v) is 5.03. The van der Waals surface area contributed by atoms with Gasteiger partial charge in [0.2, 0.25) is 0 Å². The molecule has 0 radical (unpaired) electrons. The molecule has 2 atom stereocenters. The van der Waals surface area contributed by atoms with E-state index in [1.54, 1.807) is 0 Å². The van der Waals surface area contributed by atoms with Crippen LogP contribution in [0.2, 0.25) is 0 Å². The normalized spacial score (nSPS) is 23.2. The average molecular weight is 365 g/mol. The lowest BCUT2D eigenvalue weighted by Gasteiger charge is -2.33. The molecule has 2 heterocycles. The lowest BCUT2D eigenvalue weighted by Crippen LogP contribution is -2.27. The number of nitrogens with one attached hydrogen (secondary N) is 1. The quantitative estimate of drug-likeness (QED) is 0.828. The molecule has 25 heavy (non-hydrogen) atoms. The second-order valence-electron chi connectivity index (χ2n) is 8.00. The van der Waals surface area contributed by atoms with Crippen LogP contribution in [-0.4, -0.2) is 31.7 Å². The fraction of sp³-hybridized carbons (Fsp3) is 0.684. The minimum absolute atomic E-state index is 0.159. The molecule has 1 aliphatic carbocycles. The molecule has 3 rings (SSSR count). The summed E-state index contributed by atoms with van der Waals surface area (Å²) < 4.78 is 10.4. The van der Waals surface area contributed by atoms with Gasteiger partial charge in [0.25, 0.3) is 5.91 Å². The van der Waals surface area contributed by atoms with Crippen molar-refractivity contribution in [3.8, 4) is 0 Å². The van der Waals surface area contributed by atoms with E-state index in [1.807, 2.05) is 0 Å². The van der Waals surface area contributed by atoms with E-state index in [2.05, 4.69) is 26.1 Å². The van der Waals surface area contributed by atoms with E-state index in [0.717, 1.165) is 37.7 Å². The SMILES string of the molecule is COC(=O)c1c(NC(=O)C2CCCO2)sc2c1CCC(C(C)(C)C)C2. The highest BCUT2D eigenvalue weighted by molar-refractivity contribution is 7.17. The van der Waals surface area contributed by atoms with Gasteiger partial charge in [0.1, 0.15) is 11.1 Å². The van der Waals surface area contributed by atoms with E-state index >= 15 is 0 Å². The number of anilines is 1. The molecule has 2 aliphatic rings. The number of rotatable bonds is 3. The molecule has 1 saturated heterocycles. The molecule has 6 heteroatoms. The molecule has 5 nitrogen and oxygen atoms in total. The first-order valence-electron chi connectivity index (χ1n) is 8.96. The number of ether oxygens (including phenoxy) is 2. The largest absolute Gasteiger partial charge is 0.465 e. The molecular weight excluding hydrogens is 338 g/mol. The van der Waals surface area contributed by atoms with Gasteiger partial charge in [-0.3, -0.25) is 4.79 Å². The summed E-state index contributed by atoms with van der Waals surface area (Å²) in [6.45, 7) is 7.41. The number of esters is 1. The van der Waals surface area contributed by atoms with Gasteiger partial charge in [0.05, 0.1) is 12.7 Å². The monoisotopic (exact) mass is 365 g/mol. The Labute approximate surface area is 153 Å². The van der Waals surface area contributed by atoms with Crippen LogP contribution in [0.15, 0.2) is 0 Å². The minimum Gasteiger partial charge on any atom is -0.465 e. The van der Waals surface area contributed by atoms with Crippen molar-refractivity contribution >= 4 is 28.2 Å². The standard InChI is InChI=1S/C19H27NO4S/c1-19(2,3)11-7-8-12-14(10-11)25-17(15(12)18(22)23-4)20-16(21)13-6-5-9-24-13/h11,13H,5-10H2,1-4H3,(H,20,21). The molecule has 138 valence electrons. The van der Waals surface area contributed by atoms with Crippen molar-refractivity contribution in [1.29, 1.82) is 0 Å². The lowest BCUT2D eigenvalue weighted by molar-refractivity contribution is -0.124. The van der Waals surface area contributed by atoms with E-state index in [-0.39, 0.29) is 17.3 Å². The molecule has 1 aromatic rings. The second kappa shape index (κ2) is 7.08. The summed E-state index contributed by atoms with van der Waals surface area (Å²) in [5.41, 5.74) is 1.83. The smallest absolute Gasteiger partial charge is 0.341 e. The van der Waals surface area contributed by atoms with Gasteiger partial charge >= 0.3 is 5.97 Å². The summed E-state index contributed by atoms with van der Waals surface area (Å²) in [5.74, 6) is 0.0498. The Kier molecular flexibility index (Phi) is 5.21. The van der Waals surface area contributed by atoms with Crippen LogP contribution in [0.3, 0.4) is 0 Å². The second-order valence-corrected chi connectivity index (χ2v) is 9.10. The molecule has 1 aliphatic heterocycles. The zero-order chi connectivity index (χ0) is 18.2. The highest BCUT2D eigenvalue weighted by atomic mass is 32.1. The van der Waals surface area contributed by atoms with Crippen molar-refractivity contribution < 1.29 is 19.1 Å². The van der Waals surface area contributed by atoms with Gasteiger partial charge in [-0.2, -0.15) is 0 Å². The predicted molar refractivity (Wildman–Crippen MR) is 98.2 cm³/mol. The first-order valence-corrected chi connectivity index (χ1v) is 9.78. The van der Waals surface area contributed by atoms with Crippen molar-refractivity contribution in [3.05, 3.63) is 16.0 Å². The number of hydrogen-bond donors (Lipinski definition) is 1. The predicted octanol–water partition coefficient (Wildman–Crippen LogP) is 3.80. The van der Waals surface area contributed by atoms with Crippen LogP contribution in [0.25, 0.3) is 0 Å². The van der Waals surface area contributed by atoms with Crippen molar-refractivity contribution in [1.82, 2.24) is 0 Å². The highest BCUT2D eigenvalue weighted by Crippen LogP contribution is 2.44. The van der Waals surface area contributed by atoms with Crippen LogP contribution in [-0.2, 0) is 27.1 Å². The van der Waals surface area contributed by atoms with Crippen LogP contribution in [0, 0.1) is 11.3 Å². The summed E-state index contributed by atoms with van der Waals surface area (Å²) in [6, 6.07) is 0. The Hall–Kier alpha value is -1.40. The van der Waals surface area contributed by atoms with Gasteiger partial charge in [0, 0.05) is 11.5 Å². The van der Waals surface area contributed by atoms with Gasteiger partial charge < -0.3 is 14.8 Å². The third kappa shape index (κ3) is 3.75. The Balaban J connectivity index is 1.89. The van der Waals surface area contributed by atoms with Crippen LogP contribution in [0.5, 0.6) is 0 Å². The summed E-state index contributed by atoms with van der Waals surface area (Å²) >= 11 is 1.52. The van der Waals surface area contributed by atoms with E-state index in [0.29, 0.717) is 23.1 Å². The number of hydrogen-bond acceptors (Lipinski definition) is 5. The molecule has 0 aromatic carbocycles. The summed E-state index contributed by atoms with van der Waals surface area (Å²) in [6.07, 6.45) is 4.08. The van der Waals surface area contributed by atoms with Gasteiger partial charge in [0.15, 0.2) is 0 Å². The zero-order valence-electron chi connectivity index (χ0n) is 15.4. The molecule has 0 saturated carbocycles. The topological polar surface area (TPSA) is 64.6 Å². The number of fused-ring (bicyclic) bond motifs is 1. The summed E-state index contributed by atoms with van der Waals surface area (Å²) in [5, 5.41) is 3.55. The van der Waals surface area contributed by atoms with Gasteiger partial charge in [-0.25, -0.2) is 4.79 Å². The molecule has 1 N–H and O–H groups in total. The molecule has 1 aromatic heterocycles. The summed E-state index contributed by atoms with van der Waals surface area (Å²) in [7, 11) is 1.39. The van der Waals surface area contributed by atoms with E-state index in [1.165, 1.54) is 23.3 Å². The maximum atomic E-state index is 12.4. The minimum atomic E-state index is -0.410. The third-order valence-electron chi connectivity index (χ3n) is 5.34. The fourth-order valence-electron chi connectivity index (χ4n) is 3.71. The first-order chi connectivity index (χ1) is 11.8. The van der Waals surface area contributed by atoms with Gasteiger partial charge in [-0.05, 0) is 49.0 Å². The Morgan fingerprint density at radius 3 is 2.64 bits per heavy atom. The molecule has 0 bridgehead atoms. The van der Waals surface area contributed by atoms with Crippen LogP contribution in [0.4, 0.5) is 5.00 Å². The number of amides is 1. The van der Waals surface area contributed by atoms with Crippen LogP contribution >= 0.6 is 11.3 Å². The molecule has 2 unspecified atom stereocenters. The van der Waals surface area contributed by atoms with Gasteiger partial charge in [-0.15, -0.1) is 11.3 Å². The van der Waals surface area contributed by atoms with E-state index in [4.69, 9.17) is 9.47 Å². The van der Waals surface area contributed by atoms with Gasteiger partial charge in [-0.1, -0.05) is 20.8 Å². The maximum Gasteiger partial charge on any atom is 0.341 e. The third-order valence-corrected chi connectivity index (χ3v) is 6.51. The van der Waals surface area contributed by atoms with E-state index in [9.17, 15) is 9.59 Å². The zero-order valence-corrected chi connectivity index (χ0v) is 16.3. The number of carbonyl (C=O) groups is 2. The molecule has 1 amide bonds. The van der Waals surface area contributed by atoms with Crippen molar-refractivity contribution in [2.24, 2.45) is 11.3 Å². The highest BCUT2D eigenvalue weighted by Gasteiger charge is 2.35. The van der Waals surface area contributed by atoms with Crippen molar-refractivity contribution in [2.75, 3.05) is 19.0 Å². The number of methoxy groups -OCH3 is 1. The Morgan fingerprint density at radius 2 is 2.04 bits per heavy atom. The van der Waals surface area contributed by atoms with Crippen molar-refractivity contribution in [2.45, 2.75) is 59.0 Å². The summed E-state index contributed by atoms with van der Waals surface area (Å²) in [4.78, 5) is 26.0. The van der Waals surface area contributed by atoms with E-state index < -0.39 is 6.10 Å². The van der Waals surface area contributed by atoms with Crippen LogP contribution < -0.4 is 5.32 Å². The average Bonchev–Trinajstić information content (AvgIpc) is 3.20. The lowest BCUT2D eigenvalue weighted by atomic mass is 9.72. The molecule has 1 fully saturated rings. The Bertz CT molecular complexity index is 668. The Morgan fingerprint density at radius 1 is 1.28 bits per heavy atom. The van der Waals surface area contributed by atoms with Crippen LogP contribution in [0.1, 0.15) is 60.8 Å². The number of carbonyl (C=O) groups excluding carboxylic acids is 2.